The Balaban J connectivity index is 2.06. The first-order valence-corrected chi connectivity index (χ1v) is 6.15. The molecule has 2 heterocycles. The van der Waals surface area contributed by atoms with Gasteiger partial charge in [-0.05, 0) is 25.7 Å². The summed E-state index contributed by atoms with van der Waals surface area (Å²) in [6.07, 6.45) is 1.58. The Kier molecular flexibility index (Phi) is 3.38. The predicted molar refractivity (Wildman–Crippen MR) is 60.4 cm³/mol. The summed E-state index contributed by atoms with van der Waals surface area (Å²) in [5, 5.41) is 9.17. The van der Waals surface area contributed by atoms with E-state index in [0.717, 1.165) is 6.42 Å². The number of likely N-dealkylation sites (tertiary alicyclic amines) is 1. The van der Waals surface area contributed by atoms with Crippen LogP contribution in [-0.2, 0) is 14.3 Å². The van der Waals surface area contributed by atoms with E-state index in [4.69, 9.17) is 4.74 Å². The van der Waals surface area contributed by atoms with E-state index in [1.54, 1.807) is 0 Å². The molecule has 0 bridgehead atoms. The van der Waals surface area contributed by atoms with Crippen LogP contribution in [0, 0.1) is 11.8 Å². The molecule has 0 spiro atoms. The Morgan fingerprint density at radius 2 is 2.06 bits per heavy atom. The molecule has 0 aromatic rings. The van der Waals surface area contributed by atoms with Gasteiger partial charge in [0.15, 0.2) is 0 Å². The van der Waals surface area contributed by atoms with E-state index in [2.05, 4.69) is 0 Å². The normalized spacial score (nSPS) is 37.4. The topological polar surface area (TPSA) is 66.8 Å². The SMILES string of the molecule is CC1CC(C(=O)N2CCC(C)C2C(=O)O)CO1. The van der Waals surface area contributed by atoms with Crippen molar-refractivity contribution >= 4 is 11.9 Å². The number of ether oxygens (including phenoxy) is 1. The maximum atomic E-state index is 12.2. The van der Waals surface area contributed by atoms with Crippen molar-refractivity contribution < 1.29 is 19.4 Å². The van der Waals surface area contributed by atoms with Gasteiger partial charge in [-0.3, -0.25) is 4.79 Å². The van der Waals surface area contributed by atoms with Crippen LogP contribution in [0.4, 0.5) is 0 Å². The van der Waals surface area contributed by atoms with E-state index in [1.165, 1.54) is 4.90 Å². The van der Waals surface area contributed by atoms with Crippen LogP contribution in [0.15, 0.2) is 0 Å². The van der Waals surface area contributed by atoms with Gasteiger partial charge in [-0.15, -0.1) is 0 Å². The average molecular weight is 241 g/mol. The maximum absolute atomic E-state index is 12.2. The quantitative estimate of drug-likeness (QED) is 0.774. The van der Waals surface area contributed by atoms with Crippen LogP contribution in [0.25, 0.3) is 0 Å². The fraction of sp³-hybridized carbons (Fsp3) is 0.833. The van der Waals surface area contributed by atoms with Crippen molar-refractivity contribution in [3.63, 3.8) is 0 Å². The molecule has 1 N–H and O–H groups in total. The molecule has 0 saturated carbocycles. The minimum Gasteiger partial charge on any atom is -0.480 e. The molecule has 17 heavy (non-hydrogen) atoms. The second-order valence-corrected chi connectivity index (χ2v) is 5.16. The van der Waals surface area contributed by atoms with Gasteiger partial charge in [0, 0.05) is 6.54 Å². The molecule has 96 valence electrons. The largest absolute Gasteiger partial charge is 0.480 e. The number of carbonyl (C=O) groups excluding carboxylic acids is 1. The summed E-state index contributed by atoms with van der Waals surface area (Å²) in [4.78, 5) is 24.9. The molecule has 0 aromatic carbocycles. The predicted octanol–water partition coefficient (Wildman–Crippen LogP) is 0.733. The number of rotatable bonds is 2. The van der Waals surface area contributed by atoms with Crippen LogP contribution in [0.2, 0.25) is 0 Å². The Bertz CT molecular complexity index is 330. The fourth-order valence-corrected chi connectivity index (χ4v) is 2.79. The standard InChI is InChI=1S/C12H19NO4/c1-7-3-4-13(10(7)12(15)16)11(14)9-5-8(2)17-6-9/h7-10H,3-6H2,1-2H3,(H,15,16). The highest BCUT2D eigenvalue weighted by Gasteiger charge is 2.42. The zero-order valence-electron chi connectivity index (χ0n) is 10.3. The lowest BCUT2D eigenvalue weighted by Gasteiger charge is -2.25. The summed E-state index contributed by atoms with van der Waals surface area (Å²) >= 11 is 0. The first-order chi connectivity index (χ1) is 8.00. The van der Waals surface area contributed by atoms with E-state index in [0.29, 0.717) is 19.6 Å². The minimum absolute atomic E-state index is 0.0381. The third-order valence-electron chi connectivity index (χ3n) is 3.78. The number of aliphatic carboxylic acids is 1. The monoisotopic (exact) mass is 241 g/mol. The van der Waals surface area contributed by atoms with Crippen molar-refractivity contribution in [2.45, 2.75) is 38.8 Å². The molecule has 2 saturated heterocycles. The summed E-state index contributed by atoms with van der Waals surface area (Å²) in [6, 6.07) is -0.654. The van der Waals surface area contributed by atoms with Gasteiger partial charge in [0.25, 0.3) is 0 Å². The number of carboxylic acid groups (broad SMARTS) is 1. The Hall–Kier alpha value is -1.10. The van der Waals surface area contributed by atoms with E-state index in [9.17, 15) is 14.7 Å². The highest BCUT2D eigenvalue weighted by Crippen LogP contribution is 2.29. The first-order valence-electron chi connectivity index (χ1n) is 6.15. The minimum atomic E-state index is -0.893. The van der Waals surface area contributed by atoms with E-state index in [-0.39, 0.29) is 23.8 Å². The molecule has 1 amide bonds. The van der Waals surface area contributed by atoms with Crippen LogP contribution in [-0.4, -0.2) is 47.2 Å². The second-order valence-electron chi connectivity index (χ2n) is 5.16. The summed E-state index contributed by atoms with van der Waals surface area (Å²) in [5.74, 6) is -1.06. The number of hydrogen-bond acceptors (Lipinski definition) is 3. The van der Waals surface area contributed by atoms with E-state index >= 15 is 0 Å². The van der Waals surface area contributed by atoms with Gasteiger partial charge >= 0.3 is 5.97 Å². The Morgan fingerprint density at radius 3 is 2.59 bits per heavy atom. The fourth-order valence-electron chi connectivity index (χ4n) is 2.79. The maximum Gasteiger partial charge on any atom is 0.326 e. The van der Waals surface area contributed by atoms with Crippen LogP contribution in [0.3, 0.4) is 0 Å². The number of nitrogens with zero attached hydrogens (tertiary/aromatic N) is 1. The smallest absolute Gasteiger partial charge is 0.326 e. The van der Waals surface area contributed by atoms with Crippen molar-refractivity contribution in [1.29, 1.82) is 0 Å². The lowest BCUT2D eigenvalue weighted by atomic mass is 10.0. The van der Waals surface area contributed by atoms with Gasteiger partial charge < -0.3 is 14.7 Å². The third-order valence-corrected chi connectivity index (χ3v) is 3.78. The summed E-state index contributed by atoms with van der Waals surface area (Å²) in [6.45, 7) is 4.81. The molecule has 2 rings (SSSR count). The van der Waals surface area contributed by atoms with Crippen molar-refractivity contribution in [3.8, 4) is 0 Å². The van der Waals surface area contributed by atoms with Crippen LogP contribution in [0.1, 0.15) is 26.7 Å². The Labute approximate surface area is 101 Å². The second kappa shape index (κ2) is 4.64. The molecule has 5 nitrogen and oxygen atoms in total. The molecule has 4 atom stereocenters. The molecule has 2 aliphatic rings. The van der Waals surface area contributed by atoms with Crippen molar-refractivity contribution in [2.24, 2.45) is 11.8 Å². The van der Waals surface area contributed by atoms with Crippen LogP contribution < -0.4 is 0 Å². The summed E-state index contributed by atoms with van der Waals surface area (Å²) in [5.41, 5.74) is 0. The van der Waals surface area contributed by atoms with Gasteiger partial charge in [-0.2, -0.15) is 0 Å². The lowest BCUT2D eigenvalue weighted by Crippen LogP contribution is -2.45. The van der Waals surface area contributed by atoms with Gasteiger partial charge in [0.1, 0.15) is 6.04 Å². The molecule has 0 aliphatic carbocycles. The molecular formula is C12H19NO4. The highest BCUT2D eigenvalue weighted by atomic mass is 16.5. The lowest BCUT2D eigenvalue weighted by molar-refractivity contribution is -0.151. The van der Waals surface area contributed by atoms with Crippen molar-refractivity contribution in [2.75, 3.05) is 13.2 Å². The van der Waals surface area contributed by atoms with Crippen molar-refractivity contribution in [1.82, 2.24) is 4.90 Å². The first kappa shape index (κ1) is 12.4. The van der Waals surface area contributed by atoms with Crippen LogP contribution >= 0.6 is 0 Å². The number of hydrogen-bond donors (Lipinski definition) is 1. The van der Waals surface area contributed by atoms with Crippen LogP contribution in [0.5, 0.6) is 0 Å². The summed E-state index contributed by atoms with van der Waals surface area (Å²) in [7, 11) is 0. The summed E-state index contributed by atoms with van der Waals surface area (Å²) < 4.78 is 5.37. The molecule has 2 aliphatic heterocycles. The van der Waals surface area contributed by atoms with E-state index in [1.807, 2.05) is 13.8 Å². The number of carboxylic acids is 1. The molecule has 2 fully saturated rings. The van der Waals surface area contributed by atoms with Gasteiger partial charge in [-0.25, -0.2) is 4.79 Å². The Morgan fingerprint density at radius 1 is 1.35 bits per heavy atom. The molecule has 0 radical (unpaired) electrons. The molecular weight excluding hydrogens is 222 g/mol. The highest BCUT2D eigenvalue weighted by molar-refractivity contribution is 5.86. The van der Waals surface area contributed by atoms with Gasteiger partial charge in [0.2, 0.25) is 5.91 Å². The third kappa shape index (κ3) is 2.29. The van der Waals surface area contributed by atoms with E-state index < -0.39 is 12.0 Å². The number of carbonyl (C=O) groups is 2. The van der Waals surface area contributed by atoms with Gasteiger partial charge in [-0.1, -0.05) is 6.92 Å². The number of amides is 1. The zero-order valence-corrected chi connectivity index (χ0v) is 10.3. The zero-order chi connectivity index (χ0) is 12.6. The molecule has 0 aromatic heterocycles. The molecule has 5 heteroatoms. The average Bonchev–Trinajstić information content (AvgIpc) is 2.83. The molecule has 4 unspecified atom stereocenters. The van der Waals surface area contributed by atoms with Crippen molar-refractivity contribution in [3.05, 3.63) is 0 Å². The van der Waals surface area contributed by atoms with Gasteiger partial charge in [0.05, 0.1) is 18.6 Å².